The normalized spacial score (nSPS) is 22.8. The molecule has 0 radical (unpaired) electrons. The first-order chi connectivity index (χ1) is 14.3. The van der Waals surface area contributed by atoms with Crippen molar-refractivity contribution in [3.05, 3.63) is 39.9 Å². The van der Waals surface area contributed by atoms with E-state index in [1.807, 2.05) is 18.7 Å². The van der Waals surface area contributed by atoms with Crippen molar-refractivity contribution in [2.45, 2.75) is 32.7 Å². The van der Waals surface area contributed by atoms with Crippen LogP contribution in [0.5, 0.6) is 0 Å². The molecule has 1 aromatic heterocycles. The number of hydrogen-bond acceptors (Lipinski definition) is 6. The Morgan fingerprint density at radius 2 is 2.17 bits per heavy atom. The molecular formula is C21H25FN4O4. The highest BCUT2D eigenvalue weighted by Crippen LogP contribution is 2.39. The van der Waals surface area contributed by atoms with Crippen LogP contribution >= 0.6 is 0 Å². The van der Waals surface area contributed by atoms with Crippen molar-refractivity contribution in [3.8, 4) is 0 Å². The topological polar surface area (TPSA) is 110 Å². The number of nitrogens with two attached hydrogens (primary N) is 1. The number of aromatic nitrogens is 1. The molecule has 1 atom stereocenters. The van der Waals surface area contributed by atoms with Crippen LogP contribution in [0.25, 0.3) is 10.9 Å². The average molecular weight is 416 g/mol. The maximum atomic E-state index is 15.1. The molecule has 0 spiro atoms. The van der Waals surface area contributed by atoms with E-state index in [1.165, 1.54) is 6.20 Å². The number of halogens is 1. The Kier molecular flexibility index (Phi) is 5.01. The van der Waals surface area contributed by atoms with Crippen molar-refractivity contribution in [1.29, 1.82) is 0 Å². The molecule has 9 heteroatoms. The van der Waals surface area contributed by atoms with Gasteiger partial charge < -0.3 is 25.1 Å². The van der Waals surface area contributed by atoms with Crippen LogP contribution in [0, 0.1) is 11.2 Å². The lowest BCUT2D eigenvalue weighted by molar-refractivity contribution is 0.0695. The third-order valence-electron chi connectivity index (χ3n) is 5.94. The highest BCUT2D eigenvalue weighted by Gasteiger charge is 2.41. The number of fused-ring (bicyclic) bond motifs is 1. The Morgan fingerprint density at radius 3 is 2.77 bits per heavy atom. The fourth-order valence-corrected chi connectivity index (χ4v) is 3.98. The molecule has 30 heavy (non-hydrogen) atoms. The van der Waals surface area contributed by atoms with Gasteiger partial charge in [0.25, 0.3) is 0 Å². The first-order valence-corrected chi connectivity index (χ1v) is 10.0. The fraction of sp³-hybridized carbons (Fsp3) is 0.476. The van der Waals surface area contributed by atoms with E-state index in [-0.39, 0.29) is 17.0 Å². The molecule has 0 bridgehead atoms. The lowest BCUT2D eigenvalue weighted by Crippen LogP contribution is -2.36. The average Bonchev–Trinajstić information content (AvgIpc) is 3.50. The SMILES string of the molecule is CCO/N=C1/CN(c2cc3c(cc2F)c(=O)c(C(=O)O)cn3C2CC2)CC1(C)CN. The number of nitrogens with zero attached hydrogens (tertiary/aromatic N) is 3. The van der Waals surface area contributed by atoms with E-state index in [1.54, 1.807) is 10.6 Å². The summed E-state index contributed by atoms with van der Waals surface area (Å²) in [6.07, 6.45) is 3.16. The largest absolute Gasteiger partial charge is 0.477 e. The minimum Gasteiger partial charge on any atom is -0.477 e. The molecule has 1 aliphatic carbocycles. The highest BCUT2D eigenvalue weighted by molar-refractivity contribution is 5.98. The molecule has 0 amide bonds. The predicted molar refractivity (Wildman–Crippen MR) is 112 cm³/mol. The van der Waals surface area contributed by atoms with Gasteiger partial charge in [-0.25, -0.2) is 9.18 Å². The van der Waals surface area contributed by atoms with Gasteiger partial charge in [-0.05, 0) is 31.9 Å². The van der Waals surface area contributed by atoms with E-state index >= 15 is 4.39 Å². The molecule has 3 N–H and O–H groups in total. The molecular weight excluding hydrogens is 391 g/mol. The van der Waals surface area contributed by atoms with Gasteiger partial charge >= 0.3 is 5.97 Å². The Labute approximate surface area is 172 Å². The van der Waals surface area contributed by atoms with Crippen LogP contribution in [-0.4, -0.2) is 47.6 Å². The molecule has 2 aliphatic rings. The fourth-order valence-electron chi connectivity index (χ4n) is 3.98. The van der Waals surface area contributed by atoms with Gasteiger partial charge in [0.05, 0.1) is 23.5 Å². The summed E-state index contributed by atoms with van der Waals surface area (Å²) in [6, 6.07) is 2.90. The summed E-state index contributed by atoms with van der Waals surface area (Å²) in [4.78, 5) is 31.2. The summed E-state index contributed by atoms with van der Waals surface area (Å²) in [5, 5.41) is 13.6. The molecule has 2 aromatic rings. The third kappa shape index (κ3) is 3.32. The number of carbonyl (C=O) groups is 1. The maximum absolute atomic E-state index is 15.1. The van der Waals surface area contributed by atoms with E-state index in [0.717, 1.165) is 24.6 Å². The van der Waals surface area contributed by atoms with Gasteiger partial charge in [-0.15, -0.1) is 0 Å². The minimum absolute atomic E-state index is 0.0760. The summed E-state index contributed by atoms with van der Waals surface area (Å²) in [5.41, 5.74) is 6.11. The van der Waals surface area contributed by atoms with Crippen LogP contribution in [0.2, 0.25) is 0 Å². The van der Waals surface area contributed by atoms with Gasteiger partial charge in [-0.2, -0.15) is 0 Å². The molecule has 1 aliphatic heterocycles. The van der Waals surface area contributed by atoms with Gasteiger partial charge in [0, 0.05) is 36.1 Å². The monoisotopic (exact) mass is 416 g/mol. The molecule has 1 aromatic carbocycles. The van der Waals surface area contributed by atoms with Crippen LogP contribution in [0.15, 0.2) is 28.3 Å². The number of benzene rings is 1. The van der Waals surface area contributed by atoms with Crippen molar-refractivity contribution in [1.82, 2.24) is 4.57 Å². The van der Waals surface area contributed by atoms with E-state index in [4.69, 9.17) is 10.6 Å². The Bertz CT molecular complexity index is 1110. The molecule has 1 saturated heterocycles. The molecule has 2 heterocycles. The molecule has 8 nitrogen and oxygen atoms in total. The molecule has 160 valence electrons. The second-order valence-corrected chi connectivity index (χ2v) is 8.21. The number of hydrogen-bond donors (Lipinski definition) is 2. The smallest absolute Gasteiger partial charge is 0.341 e. The molecule has 2 fully saturated rings. The Balaban J connectivity index is 1.84. The van der Waals surface area contributed by atoms with Crippen LogP contribution < -0.4 is 16.1 Å². The van der Waals surface area contributed by atoms with Crippen LogP contribution in [0.1, 0.15) is 43.1 Å². The van der Waals surface area contributed by atoms with Crippen molar-refractivity contribution >= 4 is 28.3 Å². The predicted octanol–water partition coefficient (Wildman–Crippen LogP) is 2.35. The zero-order valence-corrected chi connectivity index (χ0v) is 17.0. The third-order valence-corrected chi connectivity index (χ3v) is 5.94. The quantitative estimate of drug-likeness (QED) is 0.700. The van der Waals surface area contributed by atoms with Crippen molar-refractivity contribution in [2.24, 2.45) is 16.3 Å². The van der Waals surface area contributed by atoms with E-state index in [0.29, 0.717) is 37.4 Å². The number of oxime groups is 1. The zero-order valence-electron chi connectivity index (χ0n) is 17.0. The summed E-state index contributed by atoms with van der Waals surface area (Å²) in [7, 11) is 0. The number of carboxylic acid groups (broad SMARTS) is 1. The highest BCUT2D eigenvalue weighted by atomic mass is 19.1. The van der Waals surface area contributed by atoms with Gasteiger partial charge in [-0.1, -0.05) is 12.1 Å². The zero-order chi connectivity index (χ0) is 21.6. The molecule has 1 saturated carbocycles. The van der Waals surface area contributed by atoms with Gasteiger partial charge in [0.15, 0.2) is 0 Å². The summed E-state index contributed by atoms with van der Waals surface area (Å²) in [5.74, 6) is -1.89. The van der Waals surface area contributed by atoms with Crippen molar-refractivity contribution in [3.63, 3.8) is 0 Å². The number of rotatable bonds is 6. The standard InChI is InChI=1S/C21H25FN4O4/c1-3-30-24-18-9-25(11-21(18,2)10-23)17-7-16-13(6-15(17)22)19(27)14(20(28)29)8-26(16)12-4-5-12/h6-8,12H,3-5,9-11,23H2,1-2H3,(H,28,29)/b24-18-. The van der Waals surface area contributed by atoms with Crippen LogP contribution in [0.4, 0.5) is 10.1 Å². The van der Waals surface area contributed by atoms with Gasteiger partial charge in [0.1, 0.15) is 18.0 Å². The van der Waals surface area contributed by atoms with E-state index in [9.17, 15) is 14.7 Å². The second-order valence-electron chi connectivity index (χ2n) is 8.21. The van der Waals surface area contributed by atoms with Crippen molar-refractivity contribution < 1.29 is 19.1 Å². The number of pyridine rings is 1. The lowest BCUT2D eigenvalue weighted by atomic mass is 9.88. The number of aromatic carboxylic acids is 1. The first-order valence-electron chi connectivity index (χ1n) is 10.0. The summed E-state index contributed by atoms with van der Waals surface area (Å²) < 4.78 is 16.9. The molecule has 1 unspecified atom stereocenters. The number of anilines is 1. The van der Waals surface area contributed by atoms with Crippen LogP contribution in [-0.2, 0) is 4.84 Å². The minimum atomic E-state index is -1.31. The van der Waals surface area contributed by atoms with E-state index < -0.39 is 22.6 Å². The summed E-state index contributed by atoms with van der Waals surface area (Å²) in [6.45, 7) is 5.37. The Hall–Kier alpha value is -2.94. The van der Waals surface area contributed by atoms with Gasteiger partial charge in [0.2, 0.25) is 5.43 Å². The van der Waals surface area contributed by atoms with Crippen molar-refractivity contribution in [2.75, 3.05) is 31.1 Å². The van der Waals surface area contributed by atoms with Crippen LogP contribution in [0.3, 0.4) is 0 Å². The van der Waals surface area contributed by atoms with Gasteiger partial charge in [-0.3, -0.25) is 4.79 Å². The van der Waals surface area contributed by atoms with E-state index in [2.05, 4.69) is 5.16 Å². The second kappa shape index (κ2) is 7.39. The number of carboxylic acids is 1. The molecule has 4 rings (SSSR count). The summed E-state index contributed by atoms with van der Waals surface area (Å²) >= 11 is 0. The first kappa shape index (κ1) is 20.3. The lowest BCUT2D eigenvalue weighted by Gasteiger charge is -2.24. The Morgan fingerprint density at radius 1 is 1.43 bits per heavy atom. The maximum Gasteiger partial charge on any atom is 0.341 e.